The van der Waals surface area contributed by atoms with Gasteiger partial charge in [0.15, 0.2) is 0 Å². The van der Waals surface area contributed by atoms with Crippen LogP contribution >= 0.6 is 0 Å². The third kappa shape index (κ3) is 2.79. The number of carbonyl (C=O) groups is 1. The van der Waals surface area contributed by atoms with E-state index in [2.05, 4.69) is 10.4 Å². The monoisotopic (exact) mass is 237 g/mol. The molecule has 1 fully saturated rings. The van der Waals surface area contributed by atoms with Gasteiger partial charge in [-0.15, -0.1) is 0 Å². The van der Waals surface area contributed by atoms with Crippen molar-refractivity contribution in [2.75, 3.05) is 0 Å². The molecule has 0 atom stereocenters. The van der Waals surface area contributed by atoms with E-state index in [1.54, 1.807) is 6.07 Å². The maximum Gasteiger partial charge on any atom is 0.236 e. The number of hydrogen-bond donors (Lipinski definition) is 2. The Kier molecular flexibility index (Phi) is 3.68. The van der Waals surface area contributed by atoms with Crippen LogP contribution < -0.4 is 11.3 Å². The summed E-state index contributed by atoms with van der Waals surface area (Å²) in [7, 11) is 0. The Balaban J connectivity index is 1.95. The van der Waals surface area contributed by atoms with Gasteiger partial charge in [0.1, 0.15) is 5.82 Å². The zero-order chi connectivity index (χ0) is 12.3. The van der Waals surface area contributed by atoms with Gasteiger partial charge in [-0.2, -0.15) is 0 Å². The van der Waals surface area contributed by atoms with E-state index in [9.17, 15) is 9.18 Å². The first-order chi connectivity index (χ1) is 8.20. The van der Waals surface area contributed by atoms with E-state index < -0.39 is 0 Å². The second-order valence-electron chi connectivity index (χ2n) is 4.46. The van der Waals surface area contributed by atoms with Crippen LogP contribution in [0.3, 0.4) is 0 Å². The molecule has 1 amide bonds. The lowest BCUT2D eigenvalue weighted by Crippen LogP contribution is -2.37. The van der Waals surface area contributed by atoms with Gasteiger partial charge >= 0.3 is 0 Å². The van der Waals surface area contributed by atoms with Gasteiger partial charge in [0.05, 0.1) is 6.20 Å². The molecule has 0 saturated heterocycles. The molecule has 1 aromatic heterocycles. The summed E-state index contributed by atoms with van der Waals surface area (Å²) < 4.78 is 12.7. The number of rotatable bonds is 2. The number of halogens is 1. The molecule has 0 radical (unpaired) electrons. The van der Waals surface area contributed by atoms with Crippen molar-refractivity contribution in [2.45, 2.75) is 31.6 Å². The van der Waals surface area contributed by atoms with Crippen LogP contribution in [0.1, 0.15) is 37.3 Å². The summed E-state index contributed by atoms with van der Waals surface area (Å²) in [5, 5.41) is 0. The highest BCUT2D eigenvalue weighted by molar-refractivity contribution is 5.78. The third-order valence-electron chi connectivity index (χ3n) is 3.41. The quantitative estimate of drug-likeness (QED) is 0.465. The molecule has 92 valence electrons. The number of nitrogens with two attached hydrogens (primary N) is 1. The van der Waals surface area contributed by atoms with Gasteiger partial charge in [0, 0.05) is 17.5 Å². The van der Waals surface area contributed by atoms with Gasteiger partial charge in [-0.05, 0) is 37.8 Å². The lowest BCUT2D eigenvalue weighted by molar-refractivity contribution is -0.126. The summed E-state index contributed by atoms with van der Waals surface area (Å²) in [6.45, 7) is 0. The zero-order valence-electron chi connectivity index (χ0n) is 9.53. The van der Waals surface area contributed by atoms with Crippen LogP contribution in [0, 0.1) is 11.7 Å². The van der Waals surface area contributed by atoms with Crippen molar-refractivity contribution in [3.05, 3.63) is 29.8 Å². The molecule has 3 N–H and O–H groups in total. The van der Waals surface area contributed by atoms with E-state index >= 15 is 0 Å². The molecule has 1 aromatic rings. The van der Waals surface area contributed by atoms with Gasteiger partial charge in [0.2, 0.25) is 5.91 Å². The van der Waals surface area contributed by atoms with E-state index in [0.717, 1.165) is 31.4 Å². The van der Waals surface area contributed by atoms with Crippen molar-refractivity contribution in [1.29, 1.82) is 0 Å². The van der Waals surface area contributed by atoms with Gasteiger partial charge in [-0.3, -0.25) is 15.2 Å². The number of hydrogen-bond acceptors (Lipinski definition) is 3. The highest BCUT2D eigenvalue weighted by atomic mass is 19.1. The summed E-state index contributed by atoms with van der Waals surface area (Å²) in [6, 6.07) is 3.16. The topological polar surface area (TPSA) is 68.0 Å². The van der Waals surface area contributed by atoms with E-state index in [-0.39, 0.29) is 17.6 Å². The molecule has 0 bridgehead atoms. The van der Waals surface area contributed by atoms with Gasteiger partial charge in [-0.1, -0.05) is 0 Å². The standard InChI is InChI=1S/C12H16FN3O/c13-10-5-6-11(15-7-10)8-1-3-9(4-2-8)12(17)16-14/h5-9H,1-4,14H2,(H,16,17). The molecule has 2 rings (SSSR count). The molecule has 0 aromatic carbocycles. The Morgan fingerprint density at radius 2 is 2.06 bits per heavy atom. The van der Waals surface area contributed by atoms with Gasteiger partial charge < -0.3 is 0 Å². The fourth-order valence-corrected chi connectivity index (χ4v) is 2.40. The van der Waals surface area contributed by atoms with Crippen LogP contribution in [0.2, 0.25) is 0 Å². The Bertz CT molecular complexity index is 385. The fourth-order valence-electron chi connectivity index (χ4n) is 2.40. The van der Waals surface area contributed by atoms with Crippen LogP contribution in [0.25, 0.3) is 0 Å². The smallest absolute Gasteiger partial charge is 0.236 e. The zero-order valence-corrected chi connectivity index (χ0v) is 9.53. The number of nitrogens with one attached hydrogen (secondary N) is 1. The maximum atomic E-state index is 12.7. The van der Waals surface area contributed by atoms with Gasteiger partial charge in [-0.25, -0.2) is 10.2 Å². The molecule has 4 nitrogen and oxygen atoms in total. The normalized spacial score (nSPS) is 24.4. The van der Waals surface area contributed by atoms with Crippen LogP contribution in [-0.2, 0) is 4.79 Å². The largest absolute Gasteiger partial charge is 0.294 e. The maximum absolute atomic E-state index is 12.7. The summed E-state index contributed by atoms with van der Waals surface area (Å²) in [5.41, 5.74) is 3.11. The lowest BCUT2D eigenvalue weighted by Gasteiger charge is -2.26. The Morgan fingerprint density at radius 1 is 1.35 bits per heavy atom. The number of nitrogens with zero attached hydrogens (tertiary/aromatic N) is 1. The van der Waals surface area contributed by atoms with Crippen LogP contribution in [-0.4, -0.2) is 10.9 Å². The molecular weight excluding hydrogens is 221 g/mol. The Labute approximate surface area is 99.4 Å². The molecule has 0 aliphatic heterocycles. The first-order valence-electron chi connectivity index (χ1n) is 5.82. The molecule has 0 unspecified atom stereocenters. The van der Waals surface area contributed by atoms with E-state index in [1.165, 1.54) is 12.3 Å². The summed E-state index contributed by atoms with van der Waals surface area (Å²) in [5.74, 6) is 5.05. The van der Waals surface area contributed by atoms with Crippen LogP contribution in [0.4, 0.5) is 4.39 Å². The average molecular weight is 237 g/mol. The number of carbonyl (C=O) groups excluding carboxylic acids is 1. The number of pyridine rings is 1. The molecule has 0 spiro atoms. The van der Waals surface area contributed by atoms with Crippen molar-refractivity contribution in [1.82, 2.24) is 10.4 Å². The molecule has 1 aliphatic rings. The van der Waals surface area contributed by atoms with Crippen molar-refractivity contribution in [2.24, 2.45) is 11.8 Å². The highest BCUT2D eigenvalue weighted by Gasteiger charge is 2.27. The minimum atomic E-state index is -0.315. The second-order valence-corrected chi connectivity index (χ2v) is 4.46. The van der Waals surface area contributed by atoms with E-state index in [0.29, 0.717) is 5.92 Å². The SMILES string of the molecule is NNC(=O)C1CCC(c2ccc(F)cn2)CC1. The molecule has 17 heavy (non-hydrogen) atoms. The molecular formula is C12H16FN3O. The Morgan fingerprint density at radius 3 is 2.59 bits per heavy atom. The lowest BCUT2D eigenvalue weighted by atomic mass is 9.80. The van der Waals surface area contributed by atoms with Crippen molar-refractivity contribution >= 4 is 5.91 Å². The minimum absolute atomic E-state index is 0.0108. The van der Waals surface area contributed by atoms with E-state index in [4.69, 9.17) is 5.84 Å². The number of aromatic nitrogens is 1. The van der Waals surface area contributed by atoms with Gasteiger partial charge in [0.25, 0.3) is 0 Å². The number of amides is 1. The summed E-state index contributed by atoms with van der Waals surface area (Å²) in [6.07, 6.45) is 4.67. The average Bonchev–Trinajstić information content (AvgIpc) is 2.39. The third-order valence-corrected chi connectivity index (χ3v) is 3.41. The molecule has 1 heterocycles. The van der Waals surface area contributed by atoms with Crippen molar-refractivity contribution in [3.8, 4) is 0 Å². The highest BCUT2D eigenvalue weighted by Crippen LogP contribution is 2.34. The first-order valence-corrected chi connectivity index (χ1v) is 5.82. The number of hydrazine groups is 1. The predicted molar refractivity (Wildman–Crippen MR) is 61.2 cm³/mol. The second kappa shape index (κ2) is 5.23. The van der Waals surface area contributed by atoms with Crippen molar-refractivity contribution in [3.63, 3.8) is 0 Å². The summed E-state index contributed by atoms with van der Waals surface area (Å²) in [4.78, 5) is 15.4. The summed E-state index contributed by atoms with van der Waals surface area (Å²) >= 11 is 0. The minimum Gasteiger partial charge on any atom is -0.294 e. The Hall–Kier alpha value is -1.49. The fraction of sp³-hybridized carbons (Fsp3) is 0.500. The first kappa shape index (κ1) is 12.0. The molecule has 1 aliphatic carbocycles. The van der Waals surface area contributed by atoms with Crippen molar-refractivity contribution < 1.29 is 9.18 Å². The molecule has 5 heteroatoms. The van der Waals surface area contributed by atoms with Crippen LogP contribution in [0.15, 0.2) is 18.3 Å². The molecule has 1 saturated carbocycles. The predicted octanol–water partition coefficient (Wildman–Crippen LogP) is 1.48. The van der Waals surface area contributed by atoms with Crippen LogP contribution in [0.5, 0.6) is 0 Å². The van der Waals surface area contributed by atoms with E-state index in [1.807, 2.05) is 0 Å².